The SMILES string of the molecule is Cc1ccc(-c2nnc(CCC(=O)OCC3CC=CCC3)o2)cc1. The molecular formula is C19H22N2O3. The van der Waals surface area contributed by atoms with Gasteiger partial charge in [0, 0.05) is 12.0 Å². The van der Waals surface area contributed by atoms with Crippen molar-refractivity contribution in [2.24, 2.45) is 5.92 Å². The summed E-state index contributed by atoms with van der Waals surface area (Å²) in [6, 6.07) is 7.88. The monoisotopic (exact) mass is 326 g/mol. The van der Waals surface area contributed by atoms with Crippen LogP contribution in [0.5, 0.6) is 0 Å². The van der Waals surface area contributed by atoms with Crippen molar-refractivity contribution in [3.8, 4) is 11.5 Å². The molecule has 0 saturated heterocycles. The van der Waals surface area contributed by atoms with Gasteiger partial charge in [0.15, 0.2) is 0 Å². The van der Waals surface area contributed by atoms with Crippen LogP contribution in [0.4, 0.5) is 0 Å². The summed E-state index contributed by atoms with van der Waals surface area (Å²) in [6.07, 6.45) is 8.17. The summed E-state index contributed by atoms with van der Waals surface area (Å²) >= 11 is 0. The first-order valence-corrected chi connectivity index (χ1v) is 8.41. The smallest absolute Gasteiger partial charge is 0.306 e. The number of benzene rings is 1. The van der Waals surface area contributed by atoms with E-state index in [0.717, 1.165) is 24.8 Å². The van der Waals surface area contributed by atoms with Crippen molar-refractivity contribution in [1.29, 1.82) is 0 Å². The second kappa shape index (κ2) is 7.90. The molecule has 0 radical (unpaired) electrons. The molecule has 1 aromatic heterocycles. The zero-order chi connectivity index (χ0) is 16.8. The van der Waals surface area contributed by atoms with Crippen molar-refractivity contribution in [2.45, 2.75) is 39.0 Å². The summed E-state index contributed by atoms with van der Waals surface area (Å²) in [5.74, 6) is 1.19. The van der Waals surface area contributed by atoms with Crippen LogP contribution in [0.2, 0.25) is 0 Å². The molecule has 1 aliphatic carbocycles. The minimum atomic E-state index is -0.209. The number of carbonyl (C=O) groups is 1. The van der Waals surface area contributed by atoms with Crippen molar-refractivity contribution in [3.05, 3.63) is 47.9 Å². The Balaban J connectivity index is 1.45. The van der Waals surface area contributed by atoms with Crippen molar-refractivity contribution in [2.75, 3.05) is 6.61 Å². The van der Waals surface area contributed by atoms with E-state index in [-0.39, 0.29) is 12.4 Å². The van der Waals surface area contributed by atoms with E-state index in [0.29, 0.717) is 30.7 Å². The van der Waals surface area contributed by atoms with Crippen molar-refractivity contribution in [1.82, 2.24) is 10.2 Å². The molecule has 1 aromatic carbocycles. The van der Waals surface area contributed by atoms with E-state index < -0.39 is 0 Å². The van der Waals surface area contributed by atoms with Crippen molar-refractivity contribution >= 4 is 5.97 Å². The second-order valence-corrected chi connectivity index (χ2v) is 6.20. The maximum atomic E-state index is 11.8. The van der Waals surface area contributed by atoms with Gasteiger partial charge in [0.2, 0.25) is 11.8 Å². The summed E-state index contributed by atoms with van der Waals surface area (Å²) < 4.78 is 11.0. The first-order chi connectivity index (χ1) is 11.7. The van der Waals surface area contributed by atoms with E-state index in [1.54, 1.807) is 0 Å². The number of nitrogens with zero attached hydrogens (tertiary/aromatic N) is 2. The maximum absolute atomic E-state index is 11.8. The van der Waals surface area contributed by atoms with Gasteiger partial charge in [-0.25, -0.2) is 0 Å². The van der Waals surface area contributed by atoms with Crippen LogP contribution in [0.15, 0.2) is 40.8 Å². The molecule has 0 N–H and O–H groups in total. The first-order valence-electron chi connectivity index (χ1n) is 8.41. The lowest BCUT2D eigenvalue weighted by atomic mass is 9.95. The fourth-order valence-corrected chi connectivity index (χ4v) is 2.67. The second-order valence-electron chi connectivity index (χ2n) is 6.20. The Bertz CT molecular complexity index is 704. The highest BCUT2D eigenvalue weighted by molar-refractivity contribution is 5.69. The largest absolute Gasteiger partial charge is 0.465 e. The van der Waals surface area contributed by atoms with Gasteiger partial charge in [-0.3, -0.25) is 4.79 Å². The van der Waals surface area contributed by atoms with Crippen LogP contribution in [-0.4, -0.2) is 22.8 Å². The van der Waals surface area contributed by atoms with Gasteiger partial charge in [-0.2, -0.15) is 0 Å². The third kappa shape index (κ3) is 4.54. The predicted octanol–water partition coefficient (Wildman–Crippen LogP) is 3.88. The molecule has 126 valence electrons. The molecule has 0 amide bonds. The Hall–Kier alpha value is -2.43. The highest BCUT2D eigenvalue weighted by Crippen LogP contribution is 2.20. The van der Waals surface area contributed by atoms with Crippen LogP contribution >= 0.6 is 0 Å². The Morgan fingerprint density at radius 1 is 1.25 bits per heavy atom. The number of aryl methyl sites for hydroxylation is 2. The van der Waals surface area contributed by atoms with Crippen molar-refractivity contribution < 1.29 is 13.9 Å². The topological polar surface area (TPSA) is 65.2 Å². The zero-order valence-corrected chi connectivity index (χ0v) is 13.9. The molecule has 0 fully saturated rings. The Morgan fingerprint density at radius 3 is 2.83 bits per heavy atom. The lowest BCUT2D eigenvalue weighted by molar-refractivity contribution is -0.145. The average molecular weight is 326 g/mol. The van der Waals surface area contributed by atoms with E-state index >= 15 is 0 Å². The Kier molecular flexibility index (Phi) is 5.41. The number of carbonyl (C=O) groups excluding carboxylic acids is 1. The molecule has 1 unspecified atom stereocenters. The van der Waals surface area contributed by atoms with Gasteiger partial charge in [-0.1, -0.05) is 29.8 Å². The van der Waals surface area contributed by atoms with Crippen LogP contribution in [0.1, 0.15) is 37.1 Å². The van der Waals surface area contributed by atoms with Gasteiger partial charge < -0.3 is 9.15 Å². The Labute approximate surface area is 141 Å². The summed E-state index contributed by atoms with van der Waals surface area (Å²) in [5, 5.41) is 8.04. The molecule has 3 rings (SSSR count). The van der Waals surface area contributed by atoms with Gasteiger partial charge in [0.1, 0.15) is 0 Å². The molecule has 1 aliphatic rings. The highest BCUT2D eigenvalue weighted by atomic mass is 16.5. The van der Waals surface area contributed by atoms with Gasteiger partial charge in [-0.15, -0.1) is 10.2 Å². The lowest BCUT2D eigenvalue weighted by Gasteiger charge is -2.17. The standard InChI is InChI=1S/C19H22N2O3/c1-14-7-9-16(10-8-14)19-21-20-17(24-19)11-12-18(22)23-13-15-5-3-2-4-6-15/h2-3,7-10,15H,4-6,11-13H2,1H3. The molecule has 24 heavy (non-hydrogen) atoms. The molecule has 0 saturated carbocycles. The zero-order valence-electron chi connectivity index (χ0n) is 13.9. The van der Waals surface area contributed by atoms with E-state index in [2.05, 4.69) is 22.3 Å². The van der Waals surface area contributed by atoms with Crippen molar-refractivity contribution in [3.63, 3.8) is 0 Å². The summed E-state index contributed by atoms with van der Waals surface area (Å²) in [5.41, 5.74) is 2.06. The molecular weight excluding hydrogens is 304 g/mol. The van der Waals surface area contributed by atoms with Gasteiger partial charge >= 0.3 is 5.97 Å². The average Bonchev–Trinajstić information content (AvgIpc) is 3.09. The van der Waals surface area contributed by atoms with E-state index in [9.17, 15) is 4.79 Å². The number of rotatable bonds is 6. The molecule has 1 heterocycles. The third-order valence-corrected chi connectivity index (χ3v) is 4.17. The third-order valence-electron chi connectivity index (χ3n) is 4.17. The number of esters is 1. The molecule has 0 spiro atoms. The number of aromatic nitrogens is 2. The number of hydrogen-bond donors (Lipinski definition) is 0. The molecule has 2 aromatic rings. The van der Waals surface area contributed by atoms with E-state index in [4.69, 9.17) is 9.15 Å². The molecule has 0 bridgehead atoms. The number of ether oxygens (including phenoxy) is 1. The minimum Gasteiger partial charge on any atom is -0.465 e. The van der Waals surface area contributed by atoms with Crippen LogP contribution in [0.25, 0.3) is 11.5 Å². The van der Waals surface area contributed by atoms with Crippen LogP contribution in [0, 0.1) is 12.8 Å². The lowest BCUT2D eigenvalue weighted by Crippen LogP contribution is -2.15. The van der Waals surface area contributed by atoms with Gasteiger partial charge in [0.05, 0.1) is 13.0 Å². The van der Waals surface area contributed by atoms with Crippen LogP contribution in [-0.2, 0) is 16.0 Å². The van der Waals surface area contributed by atoms with E-state index in [1.807, 2.05) is 31.2 Å². The van der Waals surface area contributed by atoms with Gasteiger partial charge in [0.25, 0.3) is 0 Å². The normalized spacial score (nSPS) is 17.0. The molecule has 1 atom stereocenters. The fourth-order valence-electron chi connectivity index (χ4n) is 2.67. The summed E-state index contributed by atoms with van der Waals surface area (Å²) in [7, 11) is 0. The maximum Gasteiger partial charge on any atom is 0.306 e. The van der Waals surface area contributed by atoms with Crippen LogP contribution in [0.3, 0.4) is 0 Å². The highest BCUT2D eigenvalue weighted by Gasteiger charge is 2.14. The summed E-state index contributed by atoms with van der Waals surface area (Å²) in [4.78, 5) is 11.8. The van der Waals surface area contributed by atoms with Gasteiger partial charge in [-0.05, 0) is 44.2 Å². The Morgan fingerprint density at radius 2 is 2.08 bits per heavy atom. The quantitative estimate of drug-likeness (QED) is 0.595. The van der Waals surface area contributed by atoms with E-state index in [1.165, 1.54) is 5.56 Å². The molecule has 5 heteroatoms. The first kappa shape index (κ1) is 16.4. The van der Waals surface area contributed by atoms with Crippen LogP contribution < -0.4 is 0 Å². The predicted molar refractivity (Wildman–Crippen MR) is 90.2 cm³/mol. The summed E-state index contributed by atoms with van der Waals surface area (Å²) in [6.45, 7) is 2.53. The fraction of sp³-hybridized carbons (Fsp3) is 0.421. The minimum absolute atomic E-state index is 0.209. The number of hydrogen-bond acceptors (Lipinski definition) is 5. The molecule has 5 nitrogen and oxygen atoms in total. The molecule has 0 aliphatic heterocycles. The number of allylic oxidation sites excluding steroid dienone is 2.